The van der Waals surface area contributed by atoms with E-state index in [2.05, 4.69) is 20.9 Å². The Labute approximate surface area is 165 Å². The molecule has 26 heavy (non-hydrogen) atoms. The Bertz CT molecular complexity index is 891. The van der Waals surface area contributed by atoms with E-state index in [1.165, 1.54) is 0 Å². The van der Waals surface area contributed by atoms with Crippen LogP contribution in [0.1, 0.15) is 36.3 Å². The van der Waals surface area contributed by atoms with Gasteiger partial charge in [0.15, 0.2) is 5.82 Å². The monoisotopic (exact) mass is 432 g/mol. The second-order valence-electron chi connectivity index (χ2n) is 6.25. The Hall–Kier alpha value is -1.76. The van der Waals surface area contributed by atoms with Gasteiger partial charge in [-0.15, -0.1) is 5.10 Å². The summed E-state index contributed by atoms with van der Waals surface area (Å²) in [4.78, 5) is 9.22. The smallest absolute Gasteiger partial charge is 0.180 e. The van der Waals surface area contributed by atoms with Gasteiger partial charge >= 0.3 is 0 Å². The maximum atomic E-state index is 6.17. The zero-order chi connectivity index (χ0) is 17.9. The van der Waals surface area contributed by atoms with E-state index < -0.39 is 0 Å². The molecule has 1 aromatic carbocycles. The Morgan fingerprint density at radius 1 is 1.23 bits per heavy atom. The van der Waals surface area contributed by atoms with Gasteiger partial charge < -0.3 is 4.74 Å². The van der Waals surface area contributed by atoms with Gasteiger partial charge in [-0.1, -0.05) is 17.7 Å². The van der Waals surface area contributed by atoms with Gasteiger partial charge in [-0.3, -0.25) is 4.98 Å². The fourth-order valence-electron chi connectivity index (χ4n) is 3.05. The summed E-state index contributed by atoms with van der Waals surface area (Å²) < 4.78 is 8.61. The van der Waals surface area contributed by atoms with Gasteiger partial charge in [0.1, 0.15) is 11.9 Å². The normalized spacial score (nSPS) is 16.9. The van der Waals surface area contributed by atoms with E-state index >= 15 is 0 Å². The summed E-state index contributed by atoms with van der Waals surface area (Å²) >= 11 is 9.58. The van der Waals surface area contributed by atoms with Gasteiger partial charge in [0.2, 0.25) is 0 Å². The highest BCUT2D eigenvalue weighted by atomic mass is 79.9. The zero-order valence-corrected chi connectivity index (χ0v) is 16.4. The summed E-state index contributed by atoms with van der Waals surface area (Å²) in [7, 11) is 0. The van der Waals surface area contributed by atoms with Gasteiger partial charge in [-0.05, 0) is 65.5 Å². The highest BCUT2D eigenvalue weighted by Crippen LogP contribution is 2.27. The summed E-state index contributed by atoms with van der Waals surface area (Å²) in [5, 5.41) is 5.40. The van der Waals surface area contributed by atoms with Crippen molar-refractivity contribution < 1.29 is 4.74 Å². The molecule has 134 valence electrons. The largest absolute Gasteiger partial charge is 0.370 e. The molecular formula is C19H18BrClN4O. The van der Waals surface area contributed by atoms with E-state index in [-0.39, 0.29) is 6.10 Å². The first-order chi connectivity index (χ1) is 12.7. The summed E-state index contributed by atoms with van der Waals surface area (Å²) in [6.45, 7) is 0.772. The predicted octanol–water partition coefficient (Wildman–Crippen LogP) is 4.71. The molecule has 0 spiro atoms. The van der Waals surface area contributed by atoms with Crippen LogP contribution in [0.5, 0.6) is 0 Å². The van der Waals surface area contributed by atoms with E-state index in [1.54, 1.807) is 0 Å². The average molecular weight is 434 g/mol. The van der Waals surface area contributed by atoms with Crippen molar-refractivity contribution in [2.45, 2.75) is 31.8 Å². The third kappa shape index (κ3) is 3.98. The topological polar surface area (TPSA) is 52.8 Å². The number of rotatable bonds is 5. The molecule has 7 heteroatoms. The molecule has 3 heterocycles. The highest BCUT2D eigenvalue weighted by molar-refractivity contribution is 9.10. The first-order valence-corrected chi connectivity index (χ1v) is 9.80. The minimum atomic E-state index is -0.0139. The predicted molar refractivity (Wildman–Crippen MR) is 104 cm³/mol. The van der Waals surface area contributed by atoms with Crippen molar-refractivity contribution in [1.82, 2.24) is 19.7 Å². The molecule has 2 aromatic heterocycles. The van der Waals surface area contributed by atoms with E-state index in [9.17, 15) is 0 Å². The molecule has 0 bridgehead atoms. The maximum absolute atomic E-state index is 6.17. The summed E-state index contributed by atoms with van der Waals surface area (Å²) in [6, 6.07) is 11.7. The van der Waals surface area contributed by atoms with Crippen LogP contribution in [-0.2, 0) is 17.6 Å². The van der Waals surface area contributed by atoms with E-state index in [0.29, 0.717) is 5.02 Å². The van der Waals surface area contributed by atoms with E-state index in [0.717, 1.165) is 59.8 Å². The van der Waals surface area contributed by atoms with Crippen molar-refractivity contribution in [2.75, 3.05) is 6.61 Å². The molecule has 3 aromatic rings. The lowest BCUT2D eigenvalue weighted by atomic mass is 10.2. The quantitative estimate of drug-likeness (QED) is 0.584. The third-order valence-corrected chi connectivity index (χ3v) is 5.06. The van der Waals surface area contributed by atoms with E-state index in [4.69, 9.17) is 26.4 Å². The van der Waals surface area contributed by atoms with Crippen LogP contribution in [0.25, 0.3) is 5.69 Å². The molecule has 1 aliphatic heterocycles. The Morgan fingerprint density at radius 3 is 2.88 bits per heavy atom. The molecule has 5 nitrogen and oxygen atoms in total. The number of pyridine rings is 1. The summed E-state index contributed by atoms with van der Waals surface area (Å²) in [6.07, 6.45) is 5.34. The van der Waals surface area contributed by atoms with Crippen LogP contribution in [0, 0.1) is 0 Å². The lowest BCUT2D eigenvalue weighted by Gasteiger charge is -2.06. The van der Waals surface area contributed by atoms with Crippen molar-refractivity contribution in [1.29, 1.82) is 0 Å². The SMILES string of the molecule is Clc1cccc(-n2nc(C3CCCO3)nc2CCc2ccc(Br)cn2)c1. The molecule has 1 aliphatic rings. The van der Waals surface area contributed by atoms with Crippen LogP contribution in [0.15, 0.2) is 47.1 Å². The number of aryl methyl sites for hydroxylation is 2. The molecule has 4 rings (SSSR count). The number of halogens is 2. The molecule has 1 saturated heterocycles. The molecule has 1 fully saturated rings. The van der Waals surface area contributed by atoms with Crippen molar-refractivity contribution in [3.8, 4) is 5.69 Å². The van der Waals surface area contributed by atoms with Crippen molar-refractivity contribution in [2.24, 2.45) is 0 Å². The minimum absolute atomic E-state index is 0.0139. The average Bonchev–Trinajstić information content (AvgIpc) is 3.31. The van der Waals surface area contributed by atoms with E-state index in [1.807, 2.05) is 47.3 Å². The second-order valence-corrected chi connectivity index (χ2v) is 7.60. The fraction of sp³-hybridized carbons (Fsp3) is 0.316. The van der Waals surface area contributed by atoms with Gasteiger partial charge in [-0.2, -0.15) is 0 Å². The number of nitrogens with zero attached hydrogens (tertiary/aromatic N) is 4. The van der Waals surface area contributed by atoms with Gasteiger partial charge in [0.05, 0.1) is 5.69 Å². The first-order valence-electron chi connectivity index (χ1n) is 8.63. The molecule has 1 unspecified atom stereocenters. The fourth-order valence-corrected chi connectivity index (χ4v) is 3.47. The van der Waals surface area contributed by atoms with Crippen LogP contribution in [0.4, 0.5) is 0 Å². The molecule has 0 saturated carbocycles. The lowest BCUT2D eigenvalue weighted by Crippen LogP contribution is -2.05. The zero-order valence-electron chi connectivity index (χ0n) is 14.1. The number of benzene rings is 1. The summed E-state index contributed by atoms with van der Waals surface area (Å²) in [5.74, 6) is 1.64. The Balaban J connectivity index is 1.63. The molecule has 0 aliphatic carbocycles. The first kappa shape index (κ1) is 17.6. The van der Waals surface area contributed by atoms with Crippen molar-refractivity contribution in [3.63, 3.8) is 0 Å². The molecule has 0 amide bonds. The molecular weight excluding hydrogens is 416 g/mol. The van der Waals surface area contributed by atoms with Crippen LogP contribution in [-0.4, -0.2) is 26.4 Å². The van der Waals surface area contributed by atoms with Crippen LogP contribution in [0.2, 0.25) is 5.02 Å². The minimum Gasteiger partial charge on any atom is -0.370 e. The number of aromatic nitrogens is 4. The second kappa shape index (κ2) is 7.86. The third-order valence-electron chi connectivity index (χ3n) is 4.35. The van der Waals surface area contributed by atoms with Crippen molar-refractivity contribution in [3.05, 3.63) is 69.4 Å². The number of hydrogen-bond donors (Lipinski definition) is 0. The van der Waals surface area contributed by atoms with Crippen LogP contribution >= 0.6 is 27.5 Å². The van der Waals surface area contributed by atoms with Gasteiger partial charge in [0.25, 0.3) is 0 Å². The Kier molecular flexibility index (Phi) is 5.33. The molecule has 0 N–H and O–H groups in total. The summed E-state index contributed by atoms with van der Waals surface area (Å²) in [5.41, 5.74) is 1.93. The molecule has 0 radical (unpaired) electrons. The van der Waals surface area contributed by atoms with Gasteiger partial charge in [-0.25, -0.2) is 9.67 Å². The van der Waals surface area contributed by atoms with Crippen molar-refractivity contribution >= 4 is 27.5 Å². The Morgan fingerprint density at radius 2 is 2.15 bits per heavy atom. The standard InChI is InChI=1S/C19H18BrClN4O/c20-13-6-7-15(22-12-13)8-9-18-23-19(17-5-2-10-26-17)24-25(18)16-4-1-3-14(21)11-16/h1,3-4,6-7,11-12,17H,2,5,8-10H2. The number of ether oxygens (including phenoxy) is 1. The van der Waals surface area contributed by atoms with Crippen LogP contribution in [0.3, 0.4) is 0 Å². The van der Waals surface area contributed by atoms with Gasteiger partial charge in [0, 0.05) is 34.4 Å². The highest BCUT2D eigenvalue weighted by Gasteiger charge is 2.24. The molecule has 1 atom stereocenters. The lowest BCUT2D eigenvalue weighted by molar-refractivity contribution is 0.105. The number of hydrogen-bond acceptors (Lipinski definition) is 4. The maximum Gasteiger partial charge on any atom is 0.180 e. The van der Waals surface area contributed by atoms with Crippen LogP contribution < -0.4 is 0 Å².